The number of nitrogens with one attached hydrogen (secondary N) is 1. The number of anilines is 2. The van der Waals surface area contributed by atoms with Gasteiger partial charge in [0.15, 0.2) is 0 Å². The van der Waals surface area contributed by atoms with Crippen LogP contribution in [0.4, 0.5) is 17.2 Å². The van der Waals surface area contributed by atoms with E-state index in [4.69, 9.17) is 9.47 Å². The minimum absolute atomic E-state index is 0.0605. The minimum Gasteiger partial charge on any atom is -0.465 e. The summed E-state index contributed by atoms with van der Waals surface area (Å²) in [5.41, 5.74) is 0.0105. The van der Waals surface area contributed by atoms with Crippen LogP contribution >= 0.6 is 0 Å². The van der Waals surface area contributed by atoms with E-state index >= 15 is 0 Å². The summed E-state index contributed by atoms with van der Waals surface area (Å²) in [5.74, 6) is -1.86. The molecular weight excluding hydrogens is 444 g/mol. The molecule has 0 unspecified atom stereocenters. The van der Waals surface area contributed by atoms with Crippen LogP contribution in [0.2, 0.25) is 0 Å². The standard InChI is InChI=1S/C18H20N6O7S/c1-5-30-14(25)10-20-16-15(24(26)27)17(22-18(21-16)32(4,28)29)31-12-7-6-11(9-19)13(8-12)23(2)3/h6-8H,5,10H2,1-4H3,(H,20,21,22). The quantitative estimate of drug-likeness (QED) is 0.245. The monoisotopic (exact) mass is 464 g/mol. The zero-order valence-corrected chi connectivity index (χ0v) is 18.5. The van der Waals surface area contributed by atoms with Crippen molar-refractivity contribution in [2.45, 2.75) is 12.1 Å². The van der Waals surface area contributed by atoms with Crippen molar-refractivity contribution in [1.82, 2.24) is 9.97 Å². The van der Waals surface area contributed by atoms with E-state index in [-0.39, 0.29) is 12.4 Å². The van der Waals surface area contributed by atoms with Crippen LogP contribution in [0.5, 0.6) is 11.6 Å². The van der Waals surface area contributed by atoms with E-state index < -0.39 is 49.8 Å². The first kappa shape index (κ1) is 24.3. The van der Waals surface area contributed by atoms with Gasteiger partial charge in [0.1, 0.15) is 18.4 Å². The molecule has 1 aromatic carbocycles. The van der Waals surface area contributed by atoms with Gasteiger partial charge in [-0.05, 0) is 19.1 Å². The molecule has 0 atom stereocenters. The fourth-order valence-corrected chi connectivity index (χ4v) is 2.96. The van der Waals surface area contributed by atoms with Crippen LogP contribution in [-0.2, 0) is 19.4 Å². The molecule has 2 aromatic rings. The third-order valence-corrected chi connectivity index (χ3v) is 4.68. The Hall–Kier alpha value is -3.99. The third-order valence-electron chi connectivity index (χ3n) is 3.84. The van der Waals surface area contributed by atoms with E-state index in [2.05, 4.69) is 15.3 Å². The molecule has 1 heterocycles. The Morgan fingerprint density at radius 1 is 1.34 bits per heavy atom. The Balaban J connectivity index is 2.61. The molecule has 0 aliphatic heterocycles. The Morgan fingerprint density at radius 2 is 2.03 bits per heavy atom. The fourth-order valence-electron chi connectivity index (χ4n) is 2.46. The molecule has 32 heavy (non-hydrogen) atoms. The lowest BCUT2D eigenvalue weighted by molar-refractivity contribution is -0.385. The van der Waals surface area contributed by atoms with Crippen molar-refractivity contribution in [1.29, 1.82) is 5.26 Å². The van der Waals surface area contributed by atoms with Crippen LogP contribution in [0.1, 0.15) is 12.5 Å². The third kappa shape index (κ3) is 5.79. The molecule has 1 aromatic heterocycles. The molecule has 0 bridgehead atoms. The maximum absolute atomic E-state index is 12.0. The molecule has 0 spiro atoms. The number of nitro groups is 1. The van der Waals surface area contributed by atoms with E-state index in [1.165, 1.54) is 18.2 Å². The molecule has 1 N–H and O–H groups in total. The summed E-state index contributed by atoms with van der Waals surface area (Å²) < 4.78 is 34.3. The van der Waals surface area contributed by atoms with E-state index in [1.807, 2.05) is 6.07 Å². The smallest absolute Gasteiger partial charge is 0.373 e. The van der Waals surface area contributed by atoms with Crippen LogP contribution in [0, 0.1) is 21.4 Å². The summed E-state index contributed by atoms with van der Waals surface area (Å²) in [5, 5.41) is 22.6. The SMILES string of the molecule is CCOC(=O)CNc1nc(S(C)(=O)=O)nc(Oc2ccc(C#N)c(N(C)C)c2)c1[N+](=O)[O-]. The van der Waals surface area contributed by atoms with Gasteiger partial charge in [0, 0.05) is 26.4 Å². The molecule has 170 valence electrons. The second-order valence-electron chi connectivity index (χ2n) is 6.48. The first-order valence-electron chi connectivity index (χ1n) is 9.03. The second kappa shape index (κ2) is 9.88. The van der Waals surface area contributed by atoms with Crippen LogP contribution in [0.3, 0.4) is 0 Å². The predicted molar refractivity (Wildman–Crippen MR) is 112 cm³/mol. The number of hydrogen-bond donors (Lipinski definition) is 1. The van der Waals surface area contributed by atoms with Crippen molar-refractivity contribution in [3.05, 3.63) is 33.9 Å². The first-order chi connectivity index (χ1) is 15.0. The van der Waals surface area contributed by atoms with Gasteiger partial charge in [-0.3, -0.25) is 14.9 Å². The zero-order valence-electron chi connectivity index (χ0n) is 17.6. The summed E-state index contributed by atoms with van der Waals surface area (Å²) >= 11 is 0. The fraction of sp³-hybridized carbons (Fsp3) is 0.333. The normalized spacial score (nSPS) is 10.7. The van der Waals surface area contributed by atoms with Crippen molar-refractivity contribution in [3.63, 3.8) is 0 Å². The largest absolute Gasteiger partial charge is 0.465 e. The summed E-state index contributed by atoms with van der Waals surface area (Å²) in [4.78, 5) is 31.5. The number of carbonyl (C=O) groups excluding carboxylic acids is 1. The van der Waals surface area contributed by atoms with E-state index in [1.54, 1.807) is 25.9 Å². The molecule has 0 aliphatic rings. The lowest BCUT2D eigenvalue weighted by Gasteiger charge is -2.16. The van der Waals surface area contributed by atoms with Crippen molar-refractivity contribution in [3.8, 4) is 17.7 Å². The number of nitrogens with zero attached hydrogens (tertiary/aromatic N) is 5. The molecule has 13 nitrogen and oxygen atoms in total. The van der Waals surface area contributed by atoms with Crippen LogP contribution in [0.25, 0.3) is 0 Å². The first-order valence-corrected chi connectivity index (χ1v) is 10.9. The van der Waals surface area contributed by atoms with Gasteiger partial charge in [-0.25, -0.2) is 8.42 Å². The number of esters is 1. The van der Waals surface area contributed by atoms with Gasteiger partial charge in [0.05, 0.1) is 22.8 Å². The number of rotatable bonds is 9. The molecule has 14 heteroatoms. The van der Waals surface area contributed by atoms with Crippen LogP contribution < -0.4 is 15.0 Å². The lowest BCUT2D eigenvalue weighted by Crippen LogP contribution is -2.19. The molecular formula is C18H20N6O7S. The average Bonchev–Trinajstić information content (AvgIpc) is 2.71. The summed E-state index contributed by atoms with van der Waals surface area (Å²) in [6, 6.07) is 6.27. The van der Waals surface area contributed by atoms with Gasteiger partial charge in [0.25, 0.3) is 5.16 Å². The molecule has 0 fully saturated rings. The topological polar surface area (TPSA) is 178 Å². The number of aromatic nitrogens is 2. The van der Waals surface area contributed by atoms with Gasteiger partial charge in [-0.2, -0.15) is 15.2 Å². The highest BCUT2D eigenvalue weighted by atomic mass is 32.2. The molecule has 0 saturated heterocycles. The molecule has 0 saturated carbocycles. The number of benzene rings is 1. The zero-order chi connectivity index (χ0) is 24.1. The van der Waals surface area contributed by atoms with Crippen LogP contribution in [0.15, 0.2) is 23.4 Å². The molecule has 0 amide bonds. The lowest BCUT2D eigenvalue weighted by atomic mass is 10.2. The highest BCUT2D eigenvalue weighted by molar-refractivity contribution is 7.90. The minimum atomic E-state index is -4.00. The number of carbonyl (C=O) groups is 1. The number of nitriles is 1. The predicted octanol–water partition coefficient (Wildman–Crippen LogP) is 1.49. The van der Waals surface area contributed by atoms with Crippen LogP contribution in [-0.4, -0.2) is 62.8 Å². The maximum atomic E-state index is 12.0. The van der Waals surface area contributed by atoms with Crippen molar-refractivity contribution in [2.24, 2.45) is 0 Å². The van der Waals surface area contributed by atoms with Gasteiger partial charge < -0.3 is 19.7 Å². The highest BCUT2D eigenvalue weighted by Crippen LogP contribution is 2.37. The maximum Gasteiger partial charge on any atom is 0.373 e. The van der Waals surface area contributed by atoms with Crippen molar-refractivity contribution >= 4 is 33.0 Å². The van der Waals surface area contributed by atoms with Gasteiger partial charge in [0.2, 0.25) is 15.7 Å². The van der Waals surface area contributed by atoms with E-state index in [0.29, 0.717) is 11.3 Å². The summed E-state index contributed by atoms with van der Waals surface area (Å²) in [6.45, 7) is 1.16. The Kier molecular flexibility index (Phi) is 7.50. The Morgan fingerprint density at radius 3 is 2.56 bits per heavy atom. The average molecular weight is 464 g/mol. The number of hydrogen-bond acceptors (Lipinski definition) is 12. The van der Waals surface area contributed by atoms with E-state index in [0.717, 1.165) is 6.26 Å². The van der Waals surface area contributed by atoms with Gasteiger partial charge in [-0.15, -0.1) is 0 Å². The molecule has 2 rings (SSSR count). The van der Waals surface area contributed by atoms with Gasteiger partial charge in [-0.1, -0.05) is 0 Å². The molecule has 0 radical (unpaired) electrons. The highest BCUT2D eigenvalue weighted by Gasteiger charge is 2.30. The summed E-state index contributed by atoms with van der Waals surface area (Å²) in [7, 11) is -0.622. The number of ether oxygens (including phenoxy) is 2. The number of sulfone groups is 1. The second-order valence-corrected chi connectivity index (χ2v) is 8.39. The Labute approximate surface area is 183 Å². The van der Waals surface area contributed by atoms with Crippen molar-refractivity contribution < 1.29 is 27.6 Å². The van der Waals surface area contributed by atoms with Crippen molar-refractivity contribution in [2.75, 3.05) is 43.7 Å². The van der Waals surface area contributed by atoms with Gasteiger partial charge >= 0.3 is 17.5 Å². The Bertz CT molecular complexity index is 1190. The van der Waals surface area contributed by atoms with E-state index in [9.17, 15) is 28.6 Å². The summed E-state index contributed by atoms with van der Waals surface area (Å²) in [6.07, 6.45) is 0.818. The molecule has 0 aliphatic carbocycles.